The van der Waals surface area contributed by atoms with Gasteiger partial charge in [-0.1, -0.05) is 99.9 Å². The molecular weight excluding hydrogens is 512 g/mol. The van der Waals surface area contributed by atoms with Crippen LogP contribution in [0.2, 0.25) is 0 Å². The highest BCUT2D eigenvalue weighted by molar-refractivity contribution is 5.80. The molecule has 5 rings (SSSR count). The molecule has 7 nitrogen and oxygen atoms in total. The van der Waals surface area contributed by atoms with E-state index in [0.29, 0.717) is 18.1 Å². The van der Waals surface area contributed by atoms with Crippen molar-refractivity contribution in [3.05, 3.63) is 122 Å². The van der Waals surface area contributed by atoms with E-state index in [4.69, 9.17) is 9.51 Å². The first kappa shape index (κ1) is 28.0. The number of hydrogen-bond acceptors (Lipinski definition) is 5. The molecule has 0 amide bonds. The van der Waals surface area contributed by atoms with Crippen molar-refractivity contribution in [2.75, 3.05) is 0 Å². The zero-order valence-electron chi connectivity index (χ0n) is 24.3. The maximum absolute atomic E-state index is 14.1. The molecule has 210 valence electrons. The molecule has 0 unspecified atom stereocenters. The van der Waals surface area contributed by atoms with Crippen LogP contribution in [-0.2, 0) is 18.3 Å². The second-order valence-corrected chi connectivity index (χ2v) is 11.5. The number of unbranched alkanes of at least 4 members (excludes halogenated alkanes) is 1. The highest BCUT2D eigenvalue weighted by Crippen LogP contribution is 2.30. The summed E-state index contributed by atoms with van der Waals surface area (Å²) in [4.78, 5) is 33.2. The number of hydrogen-bond donors (Lipinski definition) is 1. The van der Waals surface area contributed by atoms with E-state index in [2.05, 4.69) is 50.0 Å². The lowest BCUT2D eigenvalue weighted by Crippen LogP contribution is -2.28. The van der Waals surface area contributed by atoms with E-state index in [0.717, 1.165) is 58.5 Å². The number of nitrogens with zero attached hydrogens (tertiary/aromatic N) is 3. The number of aromatic nitrogens is 4. The standard InChI is InChI=1S/C34H36N4O3/c1-6-7-15-30-29(32(39)38(22(2)35-30)26-12-10-11-25(21-26)34(3,4)5)20-23-16-18-24(19-17-23)27-13-8-9-14-28(27)31-36-33(40)41-37-31/h8-14,16-19,21H,6-7,15,20H2,1-5H3,(H,36,37,40). The predicted molar refractivity (Wildman–Crippen MR) is 163 cm³/mol. The summed E-state index contributed by atoms with van der Waals surface area (Å²) < 4.78 is 6.47. The maximum Gasteiger partial charge on any atom is 0.439 e. The number of nitrogens with one attached hydrogen (secondary N) is 1. The number of rotatable bonds is 8. The van der Waals surface area contributed by atoms with E-state index in [9.17, 15) is 9.59 Å². The van der Waals surface area contributed by atoms with Gasteiger partial charge in [0.1, 0.15) is 5.82 Å². The summed E-state index contributed by atoms with van der Waals surface area (Å²) in [6.45, 7) is 10.6. The van der Waals surface area contributed by atoms with Gasteiger partial charge in [0.15, 0.2) is 5.82 Å². The van der Waals surface area contributed by atoms with Crippen molar-refractivity contribution in [1.82, 2.24) is 19.7 Å². The minimum atomic E-state index is -0.591. The summed E-state index contributed by atoms with van der Waals surface area (Å²) >= 11 is 0. The topological polar surface area (TPSA) is 93.8 Å². The summed E-state index contributed by atoms with van der Waals surface area (Å²) in [5, 5.41) is 3.86. The monoisotopic (exact) mass is 548 g/mol. The quantitative estimate of drug-likeness (QED) is 0.231. The second kappa shape index (κ2) is 11.5. The molecule has 41 heavy (non-hydrogen) atoms. The Hall–Kier alpha value is -4.52. The molecular formula is C34H36N4O3. The van der Waals surface area contributed by atoms with E-state index in [-0.39, 0.29) is 11.0 Å². The Kier molecular flexibility index (Phi) is 7.88. The molecule has 0 radical (unpaired) electrons. The second-order valence-electron chi connectivity index (χ2n) is 11.5. The fourth-order valence-corrected chi connectivity index (χ4v) is 5.16. The lowest BCUT2D eigenvalue weighted by Gasteiger charge is -2.21. The molecule has 0 fully saturated rings. The van der Waals surface area contributed by atoms with Crippen LogP contribution < -0.4 is 11.3 Å². The van der Waals surface area contributed by atoms with Gasteiger partial charge in [-0.2, -0.15) is 0 Å². The van der Waals surface area contributed by atoms with Crippen molar-refractivity contribution in [2.45, 2.75) is 65.7 Å². The Balaban J connectivity index is 1.53. The first-order valence-electron chi connectivity index (χ1n) is 14.1. The van der Waals surface area contributed by atoms with E-state index in [1.54, 1.807) is 4.57 Å². The van der Waals surface area contributed by atoms with Crippen LogP contribution in [0.25, 0.3) is 28.2 Å². The average molecular weight is 549 g/mol. The van der Waals surface area contributed by atoms with Crippen LogP contribution in [0.15, 0.2) is 86.9 Å². The molecule has 0 aliphatic rings. The Morgan fingerprint density at radius 2 is 1.66 bits per heavy atom. The molecule has 2 heterocycles. The molecule has 7 heteroatoms. The first-order chi connectivity index (χ1) is 19.7. The summed E-state index contributed by atoms with van der Waals surface area (Å²) in [6.07, 6.45) is 3.26. The number of benzene rings is 3. The van der Waals surface area contributed by atoms with Crippen LogP contribution in [0.1, 0.15) is 68.7 Å². The molecule has 5 aromatic rings. The smallest absolute Gasteiger partial charge is 0.296 e. The van der Waals surface area contributed by atoms with E-state index in [1.807, 2.05) is 67.6 Å². The lowest BCUT2D eigenvalue weighted by atomic mass is 9.87. The van der Waals surface area contributed by atoms with Gasteiger partial charge in [-0.3, -0.25) is 18.9 Å². The zero-order valence-corrected chi connectivity index (χ0v) is 24.3. The van der Waals surface area contributed by atoms with Crippen LogP contribution in [-0.4, -0.2) is 19.7 Å². The minimum Gasteiger partial charge on any atom is -0.296 e. The molecule has 0 saturated carbocycles. The predicted octanol–water partition coefficient (Wildman–Crippen LogP) is 6.78. The molecule has 0 spiro atoms. The fourth-order valence-electron chi connectivity index (χ4n) is 5.16. The van der Waals surface area contributed by atoms with Crippen molar-refractivity contribution in [3.63, 3.8) is 0 Å². The molecule has 0 saturated heterocycles. The van der Waals surface area contributed by atoms with Crippen molar-refractivity contribution < 1.29 is 4.52 Å². The first-order valence-corrected chi connectivity index (χ1v) is 14.1. The highest BCUT2D eigenvalue weighted by Gasteiger charge is 2.19. The summed E-state index contributed by atoms with van der Waals surface area (Å²) in [7, 11) is 0. The number of H-pyrrole nitrogens is 1. The Morgan fingerprint density at radius 1 is 0.927 bits per heavy atom. The van der Waals surface area contributed by atoms with Crippen LogP contribution in [0, 0.1) is 6.92 Å². The molecule has 2 aromatic heterocycles. The van der Waals surface area contributed by atoms with Gasteiger partial charge < -0.3 is 0 Å². The lowest BCUT2D eigenvalue weighted by molar-refractivity contribution is 0.388. The Morgan fingerprint density at radius 3 is 2.32 bits per heavy atom. The SMILES string of the molecule is CCCCc1nc(C)n(-c2cccc(C(C)(C)C)c2)c(=O)c1Cc1ccc(-c2ccccc2-c2noc(=O)[nH]2)cc1. The maximum atomic E-state index is 14.1. The van der Waals surface area contributed by atoms with E-state index in [1.165, 1.54) is 5.56 Å². The third-order valence-corrected chi connectivity index (χ3v) is 7.44. The van der Waals surface area contributed by atoms with Gasteiger partial charge in [0, 0.05) is 17.5 Å². The fraction of sp³-hybridized carbons (Fsp3) is 0.294. The van der Waals surface area contributed by atoms with Crippen molar-refractivity contribution >= 4 is 0 Å². The van der Waals surface area contributed by atoms with Crippen LogP contribution in [0.5, 0.6) is 0 Å². The molecule has 0 aliphatic carbocycles. The van der Waals surface area contributed by atoms with Crippen LogP contribution >= 0.6 is 0 Å². The van der Waals surface area contributed by atoms with Gasteiger partial charge in [-0.25, -0.2) is 9.78 Å². The van der Waals surface area contributed by atoms with E-state index >= 15 is 0 Å². The van der Waals surface area contributed by atoms with Crippen LogP contribution in [0.3, 0.4) is 0 Å². The van der Waals surface area contributed by atoms with Gasteiger partial charge in [0.25, 0.3) is 5.56 Å². The van der Waals surface area contributed by atoms with Gasteiger partial charge in [-0.15, -0.1) is 0 Å². The molecule has 0 atom stereocenters. The van der Waals surface area contributed by atoms with Gasteiger partial charge >= 0.3 is 5.76 Å². The third-order valence-electron chi connectivity index (χ3n) is 7.44. The minimum absolute atomic E-state index is 0.0147. The van der Waals surface area contributed by atoms with E-state index < -0.39 is 5.76 Å². The zero-order chi connectivity index (χ0) is 29.1. The van der Waals surface area contributed by atoms with Crippen molar-refractivity contribution in [3.8, 4) is 28.2 Å². The summed E-state index contributed by atoms with van der Waals surface area (Å²) in [5.41, 5.74) is 7.27. The van der Waals surface area contributed by atoms with Gasteiger partial charge in [-0.05, 0) is 59.6 Å². The largest absolute Gasteiger partial charge is 0.439 e. The molecule has 3 aromatic carbocycles. The highest BCUT2D eigenvalue weighted by atomic mass is 16.5. The Labute approximate surface area is 239 Å². The van der Waals surface area contributed by atoms with Crippen LogP contribution in [0.4, 0.5) is 0 Å². The van der Waals surface area contributed by atoms with Gasteiger partial charge in [0.05, 0.1) is 11.4 Å². The van der Waals surface area contributed by atoms with Crippen molar-refractivity contribution in [2.24, 2.45) is 0 Å². The Bertz CT molecular complexity index is 1790. The summed E-state index contributed by atoms with van der Waals surface area (Å²) in [6, 6.07) is 24.1. The average Bonchev–Trinajstić information content (AvgIpc) is 3.40. The van der Waals surface area contributed by atoms with Gasteiger partial charge in [0.2, 0.25) is 0 Å². The third kappa shape index (κ3) is 5.99. The molecule has 0 aliphatic heterocycles. The normalized spacial score (nSPS) is 11.6. The molecule has 1 N–H and O–H groups in total. The number of aromatic amines is 1. The summed E-state index contributed by atoms with van der Waals surface area (Å²) in [5.74, 6) is 0.498. The molecule has 0 bridgehead atoms. The van der Waals surface area contributed by atoms with Crippen molar-refractivity contribution in [1.29, 1.82) is 0 Å². The number of aryl methyl sites for hydroxylation is 2.